The summed E-state index contributed by atoms with van der Waals surface area (Å²) in [6.07, 6.45) is 0.0883. The molecule has 4 aliphatic heterocycles. The first kappa shape index (κ1) is 20.7. The maximum atomic E-state index is 13.5. The largest absolute Gasteiger partial charge is 0.327 e. The zero-order valence-electron chi connectivity index (χ0n) is 17.2. The third-order valence-corrected chi connectivity index (χ3v) is 6.84. The van der Waals surface area contributed by atoms with E-state index in [0.717, 1.165) is 5.56 Å². The molecule has 1 aromatic carbocycles. The van der Waals surface area contributed by atoms with Crippen molar-refractivity contribution in [3.63, 3.8) is 0 Å². The number of fused-ring (bicyclic) bond motifs is 3. The predicted molar refractivity (Wildman–Crippen MR) is 109 cm³/mol. The highest BCUT2D eigenvalue weighted by Crippen LogP contribution is 2.43. The summed E-state index contributed by atoms with van der Waals surface area (Å²) in [4.78, 5) is 54.2. The van der Waals surface area contributed by atoms with Gasteiger partial charge in [0.2, 0.25) is 16.8 Å². The van der Waals surface area contributed by atoms with Crippen molar-refractivity contribution in [2.45, 2.75) is 43.9 Å². The fraction of sp³-hybridized carbons (Fsp3) is 0.524. The molecule has 5 rings (SSSR count). The van der Waals surface area contributed by atoms with E-state index in [2.05, 4.69) is 5.32 Å². The number of carbonyl (C=O) groups is 4. The molecular formula is C21H25ClN4O4. The molecule has 1 aromatic rings. The van der Waals surface area contributed by atoms with Gasteiger partial charge in [-0.2, -0.15) is 0 Å². The van der Waals surface area contributed by atoms with Crippen LogP contribution in [0.3, 0.4) is 0 Å². The van der Waals surface area contributed by atoms with E-state index < -0.39 is 34.8 Å². The lowest BCUT2D eigenvalue weighted by Crippen LogP contribution is -2.77. The fourth-order valence-corrected chi connectivity index (χ4v) is 4.98. The minimum Gasteiger partial charge on any atom is -0.327 e. The van der Waals surface area contributed by atoms with E-state index in [1.807, 2.05) is 44.2 Å². The molecule has 8 nitrogen and oxygen atoms in total. The van der Waals surface area contributed by atoms with Crippen molar-refractivity contribution >= 4 is 35.4 Å². The highest BCUT2D eigenvalue weighted by molar-refractivity contribution is 6.38. The Kier molecular flexibility index (Phi) is 5.00. The normalized spacial score (nSPS) is 31.0. The number of nitrogens with zero attached hydrogens (tertiary/aromatic N) is 3. The number of likely N-dealkylation sites (N-methyl/N-ethyl adjacent to an activating group) is 1. The van der Waals surface area contributed by atoms with Crippen LogP contribution in [0.4, 0.5) is 4.79 Å². The van der Waals surface area contributed by atoms with Gasteiger partial charge >= 0.3 is 6.03 Å². The van der Waals surface area contributed by atoms with Crippen molar-refractivity contribution < 1.29 is 19.2 Å². The molecule has 4 aliphatic rings. The summed E-state index contributed by atoms with van der Waals surface area (Å²) in [5.41, 5.74) is 0.866. The van der Waals surface area contributed by atoms with Gasteiger partial charge in [-0.05, 0) is 17.9 Å². The molecule has 2 bridgehead atoms. The Morgan fingerprint density at radius 1 is 1.23 bits per heavy atom. The van der Waals surface area contributed by atoms with E-state index in [-0.39, 0.29) is 30.8 Å². The Labute approximate surface area is 180 Å². The van der Waals surface area contributed by atoms with E-state index in [1.54, 1.807) is 7.05 Å². The molecule has 4 atom stereocenters. The van der Waals surface area contributed by atoms with E-state index in [1.165, 1.54) is 14.7 Å². The number of halogens is 1. The first-order valence-corrected chi connectivity index (χ1v) is 10.5. The first-order valence-electron chi connectivity index (χ1n) is 10.1. The van der Waals surface area contributed by atoms with Gasteiger partial charge in [-0.3, -0.25) is 19.3 Å². The molecule has 0 saturated carbocycles. The number of hydrogen-bond acceptors (Lipinski definition) is 4. The van der Waals surface area contributed by atoms with Gasteiger partial charge in [-0.15, -0.1) is 0 Å². The molecule has 4 saturated heterocycles. The number of piperazine rings is 1. The third kappa shape index (κ3) is 3.05. The average Bonchev–Trinajstić information content (AvgIpc) is 3.00. The minimum atomic E-state index is -1.89. The van der Waals surface area contributed by atoms with E-state index >= 15 is 0 Å². The van der Waals surface area contributed by atoms with Gasteiger partial charge in [0.1, 0.15) is 6.04 Å². The lowest BCUT2D eigenvalue weighted by molar-refractivity contribution is -0.166. The first-order chi connectivity index (χ1) is 14.1. The molecule has 0 spiro atoms. The molecule has 5 amide bonds. The Bertz CT molecular complexity index is 908. The summed E-state index contributed by atoms with van der Waals surface area (Å²) in [7, 11) is 1.64. The zero-order chi connectivity index (χ0) is 21.8. The number of nitrogens with one attached hydrogen (secondary N) is 1. The van der Waals surface area contributed by atoms with Gasteiger partial charge in [0.25, 0.3) is 5.91 Å². The van der Waals surface area contributed by atoms with Crippen LogP contribution in [0, 0.1) is 11.8 Å². The number of benzene rings is 1. The van der Waals surface area contributed by atoms with Crippen LogP contribution in [0.5, 0.6) is 0 Å². The summed E-state index contributed by atoms with van der Waals surface area (Å²) in [6.45, 7) is 4.53. The highest BCUT2D eigenvalue weighted by atomic mass is 35.5. The number of imide groups is 1. The second-order valence-corrected chi connectivity index (χ2v) is 9.20. The van der Waals surface area contributed by atoms with E-state index in [9.17, 15) is 19.2 Å². The van der Waals surface area contributed by atoms with Gasteiger partial charge in [-0.1, -0.05) is 55.8 Å². The summed E-state index contributed by atoms with van der Waals surface area (Å²) < 4.78 is 0. The molecular weight excluding hydrogens is 408 g/mol. The predicted octanol–water partition coefficient (Wildman–Crippen LogP) is 1.39. The number of alkyl halides is 1. The standard InChI is InChI=1S/C21H25ClN4O4/c1-12(2)16-11-24(3)20(30)26(16)18(28)14-9-15-17(27)23-21(14,22)19(29)25(15)10-13-7-5-4-6-8-13/h4-8,12,14-16H,9-11H2,1-3H3,(H,23,27)/t14-,15-,16-,21-/m1/s1. The van der Waals surface area contributed by atoms with Crippen molar-refractivity contribution in [3.8, 4) is 0 Å². The Hall–Kier alpha value is -2.61. The van der Waals surface area contributed by atoms with E-state index in [0.29, 0.717) is 6.54 Å². The maximum absolute atomic E-state index is 13.5. The smallest absolute Gasteiger partial charge is 0.326 e. The molecule has 160 valence electrons. The topological polar surface area (TPSA) is 90.0 Å². The van der Waals surface area contributed by atoms with Gasteiger partial charge in [0, 0.05) is 20.1 Å². The minimum absolute atomic E-state index is 0.0507. The van der Waals surface area contributed by atoms with Crippen LogP contribution in [0.15, 0.2) is 30.3 Å². The number of amides is 5. The summed E-state index contributed by atoms with van der Waals surface area (Å²) >= 11 is 6.66. The van der Waals surface area contributed by atoms with Crippen molar-refractivity contribution in [3.05, 3.63) is 35.9 Å². The second-order valence-electron chi connectivity index (χ2n) is 8.61. The van der Waals surface area contributed by atoms with Gasteiger partial charge < -0.3 is 15.1 Å². The zero-order valence-corrected chi connectivity index (χ0v) is 17.9. The SMILES string of the molecule is CC(C)[C@H]1CN(C)C(=O)N1C(=O)[C@H]1C[C@@H]2C(=O)N[C@@]1(Cl)C(=O)N2Cc1ccccc1. The molecule has 4 fully saturated rings. The van der Waals surface area contributed by atoms with Crippen molar-refractivity contribution in [1.82, 2.24) is 20.0 Å². The molecule has 4 heterocycles. The van der Waals surface area contributed by atoms with E-state index in [4.69, 9.17) is 11.6 Å². The van der Waals surface area contributed by atoms with Crippen molar-refractivity contribution in [2.24, 2.45) is 11.8 Å². The van der Waals surface area contributed by atoms with Crippen molar-refractivity contribution in [1.29, 1.82) is 0 Å². The van der Waals surface area contributed by atoms with Crippen LogP contribution in [0.25, 0.3) is 0 Å². The summed E-state index contributed by atoms with van der Waals surface area (Å²) in [5, 5.41) is 2.55. The maximum Gasteiger partial charge on any atom is 0.326 e. The Morgan fingerprint density at radius 2 is 1.90 bits per heavy atom. The number of urea groups is 1. The lowest BCUT2D eigenvalue weighted by atomic mass is 9.79. The molecule has 0 aliphatic carbocycles. The van der Waals surface area contributed by atoms with Crippen LogP contribution < -0.4 is 5.32 Å². The molecule has 30 heavy (non-hydrogen) atoms. The average molecular weight is 433 g/mol. The summed E-state index contributed by atoms with van der Waals surface area (Å²) in [5.74, 6) is -2.35. The Morgan fingerprint density at radius 3 is 2.53 bits per heavy atom. The van der Waals surface area contributed by atoms with Crippen LogP contribution >= 0.6 is 11.6 Å². The molecule has 0 radical (unpaired) electrons. The van der Waals surface area contributed by atoms with Crippen LogP contribution in [-0.2, 0) is 20.9 Å². The monoisotopic (exact) mass is 432 g/mol. The number of carbonyl (C=O) groups excluding carboxylic acids is 4. The number of rotatable bonds is 4. The van der Waals surface area contributed by atoms with Crippen LogP contribution in [-0.4, -0.2) is 69.1 Å². The van der Waals surface area contributed by atoms with Gasteiger partial charge in [0.15, 0.2) is 0 Å². The number of hydrogen-bond donors (Lipinski definition) is 1. The third-order valence-electron chi connectivity index (χ3n) is 6.32. The lowest BCUT2D eigenvalue weighted by Gasteiger charge is -2.52. The molecule has 9 heteroatoms. The summed E-state index contributed by atoms with van der Waals surface area (Å²) in [6, 6.07) is 7.79. The fourth-order valence-electron chi connectivity index (χ4n) is 4.60. The second kappa shape index (κ2) is 7.27. The molecule has 1 N–H and O–H groups in total. The van der Waals surface area contributed by atoms with Crippen molar-refractivity contribution in [2.75, 3.05) is 13.6 Å². The quantitative estimate of drug-likeness (QED) is 0.575. The van der Waals surface area contributed by atoms with Gasteiger partial charge in [-0.25, -0.2) is 4.79 Å². The van der Waals surface area contributed by atoms with Crippen LogP contribution in [0.2, 0.25) is 0 Å². The van der Waals surface area contributed by atoms with Crippen LogP contribution in [0.1, 0.15) is 25.8 Å². The molecule has 0 unspecified atom stereocenters. The van der Waals surface area contributed by atoms with Gasteiger partial charge in [0.05, 0.1) is 12.0 Å². The number of piperidine rings is 2. The highest BCUT2D eigenvalue weighted by Gasteiger charge is 2.64. The Balaban J connectivity index is 1.63. The molecule has 0 aromatic heterocycles.